The zero-order chi connectivity index (χ0) is 23.8. The van der Waals surface area contributed by atoms with Gasteiger partial charge in [0.15, 0.2) is 0 Å². The molecule has 1 aromatic heterocycles. The molecule has 1 aliphatic heterocycles. The van der Waals surface area contributed by atoms with Gasteiger partial charge in [-0.15, -0.1) is 0 Å². The lowest BCUT2D eigenvalue weighted by molar-refractivity contribution is -0.141. The van der Waals surface area contributed by atoms with Crippen LogP contribution in [-0.4, -0.2) is 87.1 Å². The van der Waals surface area contributed by atoms with E-state index in [9.17, 15) is 19.8 Å². The van der Waals surface area contributed by atoms with E-state index in [0.29, 0.717) is 44.8 Å². The fourth-order valence-corrected chi connectivity index (χ4v) is 4.22. The van der Waals surface area contributed by atoms with Crippen molar-refractivity contribution >= 4 is 17.6 Å². The summed E-state index contributed by atoms with van der Waals surface area (Å²) in [7, 11) is 0. The van der Waals surface area contributed by atoms with Gasteiger partial charge in [0, 0.05) is 44.5 Å². The Hall–Kier alpha value is -3.01. The van der Waals surface area contributed by atoms with Gasteiger partial charge < -0.3 is 15.9 Å². The Labute approximate surface area is 194 Å². The number of likely N-dealkylation sites (N-methyl/N-ethyl adjacent to an activating group) is 1. The highest BCUT2D eigenvalue weighted by atomic mass is 16.4. The number of anilines is 1. The summed E-state index contributed by atoms with van der Waals surface area (Å²) in [6.07, 6.45) is 0.570. The van der Waals surface area contributed by atoms with E-state index in [1.807, 2.05) is 52.3 Å². The predicted octanol–water partition coefficient (Wildman–Crippen LogP) is 1.38. The second-order valence-electron chi connectivity index (χ2n) is 8.52. The SMILES string of the molecule is CCN1CCN(CC(=O)O)C[C@H](Cc2ccc(N)cc2)N(CC(=O)O)Cc2cccc(n2)C1. The molecule has 0 fully saturated rings. The molecule has 2 heterocycles. The minimum atomic E-state index is -0.928. The molecule has 0 saturated heterocycles. The van der Waals surface area contributed by atoms with Gasteiger partial charge in [-0.2, -0.15) is 0 Å². The second kappa shape index (κ2) is 11.7. The zero-order valence-corrected chi connectivity index (χ0v) is 19.1. The summed E-state index contributed by atoms with van der Waals surface area (Å²) >= 11 is 0. The van der Waals surface area contributed by atoms with E-state index in [4.69, 9.17) is 10.7 Å². The monoisotopic (exact) mass is 455 g/mol. The largest absolute Gasteiger partial charge is 0.480 e. The van der Waals surface area contributed by atoms with Gasteiger partial charge in [0.1, 0.15) is 0 Å². The number of aromatic nitrogens is 1. The Morgan fingerprint density at radius 3 is 2.24 bits per heavy atom. The Bertz CT molecular complexity index is 937. The third-order valence-corrected chi connectivity index (χ3v) is 5.93. The first-order valence-corrected chi connectivity index (χ1v) is 11.2. The van der Waals surface area contributed by atoms with Gasteiger partial charge in [-0.05, 0) is 42.8 Å². The van der Waals surface area contributed by atoms with E-state index in [2.05, 4.69) is 11.8 Å². The third kappa shape index (κ3) is 7.81. The highest BCUT2D eigenvalue weighted by molar-refractivity contribution is 5.69. The molecule has 3 rings (SSSR count). The number of carboxylic acid groups (broad SMARTS) is 2. The normalized spacial score (nSPS) is 18.9. The summed E-state index contributed by atoms with van der Waals surface area (Å²) in [5, 5.41) is 19.1. The highest BCUT2D eigenvalue weighted by Crippen LogP contribution is 2.17. The van der Waals surface area contributed by atoms with Crippen LogP contribution in [0.1, 0.15) is 23.9 Å². The van der Waals surface area contributed by atoms with E-state index < -0.39 is 11.9 Å². The van der Waals surface area contributed by atoms with Crippen molar-refractivity contribution in [3.8, 4) is 0 Å². The molecule has 2 aromatic rings. The van der Waals surface area contributed by atoms with Gasteiger partial charge in [-0.3, -0.25) is 29.3 Å². The van der Waals surface area contributed by atoms with Crippen molar-refractivity contribution in [3.05, 3.63) is 59.4 Å². The van der Waals surface area contributed by atoms with E-state index >= 15 is 0 Å². The van der Waals surface area contributed by atoms with Crippen molar-refractivity contribution in [3.63, 3.8) is 0 Å². The van der Waals surface area contributed by atoms with Crippen molar-refractivity contribution < 1.29 is 19.8 Å². The number of rotatable bonds is 7. The maximum absolute atomic E-state index is 11.8. The summed E-state index contributed by atoms with van der Waals surface area (Å²) in [6, 6.07) is 13.1. The van der Waals surface area contributed by atoms with Gasteiger partial charge in [0.25, 0.3) is 0 Å². The first-order valence-electron chi connectivity index (χ1n) is 11.2. The molecule has 0 aliphatic carbocycles. The first-order chi connectivity index (χ1) is 15.8. The number of nitrogens with two attached hydrogens (primary N) is 1. The number of carbonyl (C=O) groups is 2. The highest BCUT2D eigenvalue weighted by Gasteiger charge is 2.26. The number of carboxylic acids is 2. The van der Waals surface area contributed by atoms with Gasteiger partial charge in [-0.1, -0.05) is 25.1 Å². The maximum Gasteiger partial charge on any atom is 0.317 e. The molecule has 0 unspecified atom stereocenters. The number of nitrogen functional groups attached to an aromatic ring is 1. The van der Waals surface area contributed by atoms with Crippen LogP contribution in [0, 0.1) is 0 Å². The summed E-state index contributed by atoms with van der Waals surface area (Å²) < 4.78 is 0. The molecule has 0 amide bonds. The van der Waals surface area contributed by atoms with E-state index in [1.165, 1.54) is 0 Å². The number of hydrogen-bond donors (Lipinski definition) is 3. The van der Waals surface area contributed by atoms with Crippen LogP contribution < -0.4 is 5.73 Å². The average molecular weight is 456 g/mol. The van der Waals surface area contributed by atoms with Crippen molar-refractivity contribution in [2.75, 3.05) is 45.0 Å². The van der Waals surface area contributed by atoms with Crippen molar-refractivity contribution in [2.45, 2.75) is 32.5 Å². The Morgan fingerprint density at radius 2 is 1.61 bits per heavy atom. The van der Waals surface area contributed by atoms with Crippen LogP contribution in [0.15, 0.2) is 42.5 Å². The van der Waals surface area contributed by atoms with E-state index in [-0.39, 0.29) is 19.1 Å². The van der Waals surface area contributed by atoms with Crippen LogP contribution in [0.3, 0.4) is 0 Å². The molecule has 0 saturated carbocycles. The minimum absolute atomic E-state index is 0.0970. The number of nitrogens with zero attached hydrogens (tertiary/aromatic N) is 4. The molecule has 4 N–H and O–H groups in total. The lowest BCUT2D eigenvalue weighted by atomic mass is 10.0. The van der Waals surface area contributed by atoms with E-state index in [1.54, 1.807) is 0 Å². The fourth-order valence-electron chi connectivity index (χ4n) is 4.22. The van der Waals surface area contributed by atoms with Crippen LogP contribution in [0.4, 0.5) is 5.69 Å². The first kappa shape index (κ1) is 24.6. The number of aliphatic carboxylic acids is 2. The van der Waals surface area contributed by atoms with Crippen LogP contribution in [0.25, 0.3) is 0 Å². The number of benzene rings is 1. The van der Waals surface area contributed by atoms with Crippen LogP contribution in [0.2, 0.25) is 0 Å². The quantitative estimate of drug-likeness (QED) is 0.531. The Kier molecular flexibility index (Phi) is 8.76. The molecule has 33 heavy (non-hydrogen) atoms. The molecule has 0 radical (unpaired) electrons. The minimum Gasteiger partial charge on any atom is -0.480 e. The second-order valence-corrected chi connectivity index (χ2v) is 8.52. The van der Waals surface area contributed by atoms with Crippen LogP contribution in [0.5, 0.6) is 0 Å². The molecule has 9 heteroatoms. The Morgan fingerprint density at radius 1 is 0.970 bits per heavy atom. The topological polar surface area (TPSA) is 123 Å². The van der Waals surface area contributed by atoms with E-state index in [0.717, 1.165) is 23.5 Å². The standard InChI is InChI=1S/C24H33N5O4/c1-2-27-10-11-28(16-23(30)31)15-22(12-18-6-8-19(25)9-7-18)29(17-24(32)33)14-21-5-3-4-20(13-27)26-21/h3-9,22H,2,10-17,25H2,1H3,(H,30,31)(H,32,33)/t22-/m0/s1. The summed E-state index contributed by atoms with van der Waals surface area (Å²) in [6.45, 7) is 5.38. The van der Waals surface area contributed by atoms with Crippen molar-refractivity contribution in [1.29, 1.82) is 0 Å². The lowest BCUT2D eigenvalue weighted by Gasteiger charge is -2.36. The fraction of sp³-hybridized carbons (Fsp3) is 0.458. The maximum atomic E-state index is 11.8. The van der Waals surface area contributed by atoms with Crippen LogP contribution >= 0.6 is 0 Å². The molecule has 1 atom stereocenters. The lowest BCUT2D eigenvalue weighted by Crippen LogP contribution is -2.49. The summed E-state index contributed by atoms with van der Waals surface area (Å²) in [5.41, 5.74) is 9.23. The summed E-state index contributed by atoms with van der Waals surface area (Å²) in [5.74, 6) is -1.82. The predicted molar refractivity (Wildman–Crippen MR) is 126 cm³/mol. The van der Waals surface area contributed by atoms with Gasteiger partial charge in [0.2, 0.25) is 0 Å². The molecule has 0 spiro atoms. The smallest absolute Gasteiger partial charge is 0.317 e. The van der Waals surface area contributed by atoms with Crippen molar-refractivity contribution in [2.24, 2.45) is 0 Å². The van der Waals surface area contributed by atoms with Gasteiger partial charge in [-0.25, -0.2) is 0 Å². The van der Waals surface area contributed by atoms with Gasteiger partial charge >= 0.3 is 11.9 Å². The summed E-state index contributed by atoms with van der Waals surface area (Å²) in [4.78, 5) is 34.2. The number of pyridine rings is 1. The Balaban J connectivity index is 1.98. The molecule has 1 aromatic carbocycles. The van der Waals surface area contributed by atoms with Crippen molar-refractivity contribution in [1.82, 2.24) is 19.7 Å². The zero-order valence-electron chi connectivity index (χ0n) is 19.1. The number of hydrogen-bond acceptors (Lipinski definition) is 7. The van der Waals surface area contributed by atoms with Crippen LogP contribution in [-0.2, 0) is 29.1 Å². The number of fused-ring (bicyclic) bond motifs is 2. The molecule has 1 aliphatic rings. The van der Waals surface area contributed by atoms with Gasteiger partial charge in [0.05, 0.1) is 24.5 Å². The molecule has 178 valence electrons. The molecular formula is C24H33N5O4. The average Bonchev–Trinajstić information content (AvgIpc) is 2.76. The third-order valence-electron chi connectivity index (χ3n) is 5.93. The molecule has 2 bridgehead atoms. The molecular weight excluding hydrogens is 422 g/mol. The molecule has 9 nitrogen and oxygen atoms in total.